The zero-order valence-corrected chi connectivity index (χ0v) is 6.03. The minimum absolute atomic E-state index is 0. The van der Waals surface area contributed by atoms with Gasteiger partial charge < -0.3 is 0 Å². The summed E-state index contributed by atoms with van der Waals surface area (Å²) in [7, 11) is 0. The van der Waals surface area contributed by atoms with E-state index in [-0.39, 0.29) is 23.9 Å². The number of hydrogen-bond acceptors (Lipinski definition) is 1. The van der Waals surface area contributed by atoms with Crippen LogP contribution in [0.4, 0.5) is 0 Å². The molecular weight excluding hydrogens is 206 g/mol. The zero-order valence-electron chi connectivity index (χ0n) is 1.66. The summed E-state index contributed by atoms with van der Waals surface area (Å²) in [6.45, 7) is 0. The first-order valence-electron chi connectivity index (χ1n) is 0.309. The molecule has 0 rings (SSSR count). The smallest absolute Gasteiger partial charge is 0.166 e. The first kappa shape index (κ1) is 9.02. The second-order valence-corrected chi connectivity index (χ2v) is 0.525. The molecule has 0 saturated carbocycles. The van der Waals surface area contributed by atoms with Crippen molar-refractivity contribution in [1.82, 2.24) is 0 Å². The predicted molar refractivity (Wildman–Crippen MR) is 18.5 cm³/mol. The number of rotatable bonds is 0. The van der Waals surface area contributed by atoms with E-state index >= 15 is 0 Å². The normalized spacial score (nSPS) is 4.50. The maximum Gasteiger partial charge on any atom is 2.00 e. The fourth-order valence-electron chi connectivity index (χ4n) is 0. The summed E-state index contributed by atoms with van der Waals surface area (Å²) >= 11 is 8.53. The predicted octanol–water partition coefficient (Wildman–Crippen LogP) is 0.930. The average molecular weight is 206 g/mol. The molecule has 0 saturated heterocycles. The van der Waals surface area contributed by atoms with Gasteiger partial charge in [0.05, 0.1) is 23.7 Å². The van der Waals surface area contributed by atoms with Crippen molar-refractivity contribution in [1.29, 1.82) is 0 Å². The standard InChI is InChI=1S/Cl2O.Sn/c1-3-2;/q;+2. The van der Waals surface area contributed by atoms with Gasteiger partial charge in [0.15, 0.2) is 0 Å². The molecule has 22 valence electrons. The second-order valence-electron chi connectivity index (χ2n) is 0.0583. The molecule has 0 unspecified atom stereocenters. The molecule has 0 bridgehead atoms. The molecule has 0 fully saturated rings. The summed E-state index contributed by atoms with van der Waals surface area (Å²) in [6.07, 6.45) is 0. The van der Waals surface area contributed by atoms with Crippen LogP contribution in [0.2, 0.25) is 0 Å². The fourth-order valence-corrected chi connectivity index (χ4v) is 0. The van der Waals surface area contributed by atoms with Crippen LogP contribution in [-0.4, -0.2) is 23.9 Å². The molecule has 4 heteroatoms. The van der Waals surface area contributed by atoms with E-state index in [4.69, 9.17) is 0 Å². The molecule has 1 nitrogen and oxygen atoms in total. The van der Waals surface area contributed by atoms with Crippen LogP contribution < -0.4 is 0 Å². The van der Waals surface area contributed by atoms with Gasteiger partial charge in [0, 0.05) is 0 Å². The largest absolute Gasteiger partial charge is 2.00 e. The van der Waals surface area contributed by atoms with Crippen molar-refractivity contribution < 1.29 is 3.84 Å². The van der Waals surface area contributed by atoms with Crippen molar-refractivity contribution in [2.45, 2.75) is 0 Å². The van der Waals surface area contributed by atoms with E-state index in [1.807, 2.05) is 0 Å². The first-order chi connectivity index (χ1) is 1.41. The Hall–Kier alpha value is 1.34. The Labute approximate surface area is 51.5 Å². The molecule has 0 aliphatic carbocycles. The van der Waals surface area contributed by atoms with E-state index in [1.54, 1.807) is 0 Å². The van der Waals surface area contributed by atoms with Gasteiger partial charge in [0.2, 0.25) is 0 Å². The molecule has 0 atom stereocenters. The van der Waals surface area contributed by atoms with Crippen molar-refractivity contribution in [2.24, 2.45) is 0 Å². The molecule has 0 spiro atoms. The van der Waals surface area contributed by atoms with Crippen LogP contribution in [0.5, 0.6) is 0 Å². The third-order valence-electron chi connectivity index (χ3n) is 0. The van der Waals surface area contributed by atoms with Crippen LogP contribution in [0.15, 0.2) is 0 Å². The minimum atomic E-state index is 0. The average Bonchev–Trinajstić information content (AvgIpc) is 0.918. The van der Waals surface area contributed by atoms with Crippen molar-refractivity contribution in [3.8, 4) is 0 Å². The van der Waals surface area contributed by atoms with Crippen LogP contribution in [-0.2, 0) is 3.84 Å². The summed E-state index contributed by atoms with van der Waals surface area (Å²) < 4.78 is 3.19. The number of hydrogen-bond donors (Lipinski definition) is 0. The van der Waals surface area contributed by atoms with Gasteiger partial charge in [-0.1, -0.05) is 0 Å². The summed E-state index contributed by atoms with van der Waals surface area (Å²) in [5, 5.41) is 0. The van der Waals surface area contributed by atoms with Crippen molar-refractivity contribution in [3.63, 3.8) is 0 Å². The van der Waals surface area contributed by atoms with Crippen LogP contribution in [0.3, 0.4) is 0 Å². The first-order valence-corrected chi connectivity index (χ1v) is 0.926. The molecule has 0 aromatic rings. The molecule has 2 radical (unpaired) electrons. The minimum Gasteiger partial charge on any atom is -0.166 e. The van der Waals surface area contributed by atoms with Gasteiger partial charge in [0.1, 0.15) is 0 Å². The Morgan fingerprint density at radius 1 is 1.25 bits per heavy atom. The molecule has 0 aliphatic heterocycles. The van der Waals surface area contributed by atoms with Crippen molar-refractivity contribution in [2.75, 3.05) is 0 Å². The van der Waals surface area contributed by atoms with Gasteiger partial charge >= 0.3 is 23.9 Å². The maximum absolute atomic E-state index is 4.26. The molecule has 0 aromatic heterocycles. The molecule has 0 aromatic carbocycles. The van der Waals surface area contributed by atoms with Crippen LogP contribution >= 0.6 is 23.7 Å². The zero-order chi connectivity index (χ0) is 2.71. The van der Waals surface area contributed by atoms with Crippen LogP contribution in [0, 0.1) is 0 Å². The van der Waals surface area contributed by atoms with Gasteiger partial charge in [-0.25, -0.2) is 0 Å². The van der Waals surface area contributed by atoms with Crippen LogP contribution in [0.1, 0.15) is 0 Å². The third-order valence-corrected chi connectivity index (χ3v) is 0. The van der Waals surface area contributed by atoms with Crippen molar-refractivity contribution >= 4 is 47.6 Å². The van der Waals surface area contributed by atoms with E-state index in [0.29, 0.717) is 0 Å². The monoisotopic (exact) mass is 206 g/mol. The Morgan fingerprint density at radius 2 is 1.25 bits per heavy atom. The van der Waals surface area contributed by atoms with E-state index in [2.05, 4.69) is 27.6 Å². The molecule has 4 heavy (non-hydrogen) atoms. The SMILES string of the molecule is ClOCl.[Sn+2]. The summed E-state index contributed by atoms with van der Waals surface area (Å²) in [5.74, 6) is 0. The van der Waals surface area contributed by atoms with Gasteiger partial charge in [-0.3, -0.25) is 0 Å². The third kappa shape index (κ3) is 10.2. The Bertz CT molecular complexity index is 6.00. The van der Waals surface area contributed by atoms with Crippen molar-refractivity contribution in [3.05, 3.63) is 0 Å². The van der Waals surface area contributed by atoms with Gasteiger partial charge in [-0.15, -0.1) is 0 Å². The summed E-state index contributed by atoms with van der Waals surface area (Å²) in [6, 6.07) is 0. The fraction of sp³-hybridized carbons (Fsp3) is 0. The second kappa shape index (κ2) is 8.84. The maximum atomic E-state index is 4.26. The molecule has 0 N–H and O–H groups in total. The van der Waals surface area contributed by atoms with E-state index in [0.717, 1.165) is 0 Å². The quantitative estimate of drug-likeness (QED) is 0.535. The molecule has 0 heterocycles. The molecular formula is Cl2OSn+2. The molecule has 0 amide bonds. The van der Waals surface area contributed by atoms with E-state index in [9.17, 15) is 0 Å². The molecule has 0 aliphatic rings. The van der Waals surface area contributed by atoms with Crippen LogP contribution in [0.25, 0.3) is 0 Å². The van der Waals surface area contributed by atoms with Gasteiger partial charge in [-0.2, -0.15) is 3.84 Å². The van der Waals surface area contributed by atoms with E-state index in [1.165, 1.54) is 0 Å². The van der Waals surface area contributed by atoms with Gasteiger partial charge in [0.25, 0.3) is 0 Å². The van der Waals surface area contributed by atoms with E-state index < -0.39 is 0 Å². The van der Waals surface area contributed by atoms with Gasteiger partial charge in [-0.05, 0) is 0 Å². The number of halogens is 2. The Kier molecular flexibility index (Phi) is 19.9. The topological polar surface area (TPSA) is 9.23 Å². The Balaban J connectivity index is 0. The summed E-state index contributed by atoms with van der Waals surface area (Å²) in [5.41, 5.74) is 0. The Morgan fingerprint density at radius 3 is 1.25 bits per heavy atom. The summed E-state index contributed by atoms with van der Waals surface area (Å²) in [4.78, 5) is 0.